The highest BCUT2D eigenvalue weighted by molar-refractivity contribution is 5.47. The molecule has 1 aromatic heterocycles. The number of nitrogens with one attached hydrogen (secondary N) is 1. The van der Waals surface area contributed by atoms with E-state index in [4.69, 9.17) is 0 Å². The summed E-state index contributed by atoms with van der Waals surface area (Å²) >= 11 is 0. The van der Waals surface area contributed by atoms with E-state index in [2.05, 4.69) is 48.1 Å². The van der Waals surface area contributed by atoms with Gasteiger partial charge in [-0.15, -0.1) is 0 Å². The minimum Gasteiger partial charge on any atom is -0.369 e. The van der Waals surface area contributed by atoms with Crippen molar-refractivity contribution >= 4 is 5.69 Å². The molecule has 1 heterocycles. The molecule has 0 spiro atoms. The van der Waals surface area contributed by atoms with Crippen molar-refractivity contribution in [2.24, 2.45) is 0 Å². The average Bonchev–Trinajstić information content (AvgIpc) is 3.17. The SMILES string of the molecule is CCCN(c1ccnc(CNC2CC2)c1)C(C)C. The molecule has 3 nitrogen and oxygen atoms in total. The molecule has 0 aromatic carbocycles. The van der Waals surface area contributed by atoms with Gasteiger partial charge < -0.3 is 10.2 Å². The van der Waals surface area contributed by atoms with Gasteiger partial charge in [0.05, 0.1) is 5.69 Å². The van der Waals surface area contributed by atoms with Crippen molar-refractivity contribution in [3.05, 3.63) is 24.0 Å². The number of hydrogen-bond acceptors (Lipinski definition) is 3. The second-order valence-corrected chi connectivity index (χ2v) is 5.45. The van der Waals surface area contributed by atoms with Crippen molar-refractivity contribution in [2.75, 3.05) is 11.4 Å². The van der Waals surface area contributed by atoms with Gasteiger partial charge in [0.25, 0.3) is 0 Å². The molecular weight excluding hydrogens is 222 g/mol. The van der Waals surface area contributed by atoms with Crippen LogP contribution in [0.15, 0.2) is 18.3 Å². The number of hydrogen-bond donors (Lipinski definition) is 1. The zero-order valence-corrected chi connectivity index (χ0v) is 11.8. The summed E-state index contributed by atoms with van der Waals surface area (Å²) in [6.07, 6.45) is 5.77. The summed E-state index contributed by atoms with van der Waals surface area (Å²) in [5, 5.41) is 3.52. The van der Waals surface area contributed by atoms with Crippen LogP contribution in [0.3, 0.4) is 0 Å². The summed E-state index contributed by atoms with van der Waals surface area (Å²) in [6.45, 7) is 8.73. The molecule has 0 radical (unpaired) electrons. The molecule has 18 heavy (non-hydrogen) atoms. The lowest BCUT2D eigenvalue weighted by Gasteiger charge is -2.28. The highest BCUT2D eigenvalue weighted by atomic mass is 15.1. The highest BCUT2D eigenvalue weighted by Gasteiger charge is 2.20. The first kappa shape index (κ1) is 13.3. The van der Waals surface area contributed by atoms with Crippen LogP contribution < -0.4 is 10.2 Å². The Hall–Kier alpha value is -1.09. The summed E-state index contributed by atoms with van der Waals surface area (Å²) in [5.41, 5.74) is 2.45. The number of nitrogens with zero attached hydrogens (tertiary/aromatic N) is 2. The predicted octanol–water partition coefficient (Wildman–Crippen LogP) is 2.96. The van der Waals surface area contributed by atoms with Gasteiger partial charge in [0, 0.05) is 37.1 Å². The zero-order chi connectivity index (χ0) is 13.0. The van der Waals surface area contributed by atoms with Gasteiger partial charge in [0.2, 0.25) is 0 Å². The Bertz CT molecular complexity index is 372. The summed E-state index contributed by atoms with van der Waals surface area (Å²) in [6, 6.07) is 5.63. The molecular formula is C15H25N3. The van der Waals surface area contributed by atoms with Crippen LogP contribution in [0.25, 0.3) is 0 Å². The Labute approximate surface area is 111 Å². The van der Waals surface area contributed by atoms with Crippen molar-refractivity contribution in [3.8, 4) is 0 Å². The molecule has 0 atom stereocenters. The van der Waals surface area contributed by atoms with Crippen molar-refractivity contribution in [1.82, 2.24) is 10.3 Å². The van der Waals surface area contributed by atoms with Gasteiger partial charge in [-0.25, -0.2) is 0 Å². The van der Waals surface area contributed by atoms with Crippen LogP contribution in [0.4, 0.5) is 5.69 Å². The van der Waals surface area contributed by atoms with Gasteiger partial charge in [-0.3, -0.25) is 4.98 Å². The Kier molecular flexibility index (Phi) is 4.59. The van der Waals surface area contributed by atoms with Crippen LogP contribution in [0.5, 0.6) is 0 Å². The van der Waals surface area contributed by atoms with Crippen LogP contribution >= 0.6 is 0 Å². The molecule has 1 fully saturated rings. The normalized spacial score (nSPS) is 15.1. The molecule has 100 valence electrons. The number of aromatic nitrogens is 1. The predicted molar refractivity (Wildman–Crippen MR) is 76.9 cm³/mol. The lowest BCUT2D eigenvalue weighted by molar-refractivity contribution is 0.660. The number of anilines is 1. The standard InChI is InChI=1S/C15H25N3/c1-4-9-18(12(2)3)15-7-8-16-14(10-15)11-17-13-5-6-13/h7-8,10,12-13,17H,4-6,9,11H2,1-3H3. The van der Waals surface area contributed by atoms with E-state index >= 15 is 0 Å². The summed E-state index contributed by atoms with van der Waals surface area (Å²) < 4.78 is 0. The van der Waals surface area contributed by atoms with E-state index in [1.807, 2.05) is 6.20 Å². The van der Waals surface area contributed by atoms with Crippen LogP contribution in [0.2, 0.25) is 0 Å². The largest absolute Gasteiger partial charge is 0.369 e. The monoisotopic (exact) mass is 247 g/mol. The Morgan fingerprint density at radius 3 is 2.83 bits per heavy atom. The molecule has 3 heteroatoms. The van der Waals surface area contributed by atoms with E-state index in [0.717, 1.165) is 24.8 Å². The van der Waals surface area contributed by atoms with Crippen LogP contribution in [-0.2, 0) is 6.54 Å². The maximum atomic E-state index is 4.45. The first-order valence-electron chi connectivity index (χ1n) is 7.15. The van der Waals surface area contributed by atoms with Gasteiger partial charge in [-0.05, 0) is 45.2 Å². The molecule has 0 bridgehead atoms. The Morgan fingerprint density at radius 2 is 2.22 bits per heavy atom. The first-order valence-corrected chi connectivity index (χ1v) is 7.15. The smallest absolute Gasteiger partial charge is 0.0562 e. The molecule has 2 rings (SSSR count). The van der Waals surface area contributed by atoms with Crippen molar-refractivity contribution in [2.45, 2.75) is 58.7 Å². The van der Waals surface area contributed by atoms with E-state index in [1.54, 1.807) is 0 Å². The molecule has 0 saturated heterocycles. The fraction of sp³-hybridized carbons (Fsp3) is 0.667. The summed E-state index contributed by atoms with van der Waals surface area (Å²) in [5.74, 6) is 0. The topological polar surface area (TPSA) is 28.2 Å². The van der Waals surface area contributed by atoms with Gasteiger partial charge in [-0.1, -0.05) is 6.92 Å². The fourth-order valence-corrected chi connectivity index (χ4v) is 2.20. The number of rotatable bonds is 7. The van der Waals surface area contributed by atoms with Gasteiger partial charge >= 0.3 is 0 Å². The Balaban J connectivity index is 2.03. The molecule has 1 N–H and O–H groups in total. The molecule has 0 amide bonds. The summed E-state index contributed by atoms with van der Waals surface area (Å²) in [7, 11) is 0. The third kappa shape index (κ3) is 3.70. The number of pyridine rings is 1. The fourth-order valence-electron chi connectivity index (χ4n) is 2.20. The van der Waals surface area contributed by atoms with Gasteiger partial charge in [0.15, 0.2) is 0 Å². The first-order chi connectivity index (χ1) is 8.70. The second kappa shape index (κ2) is 6.19. The highest BCUT2D eigenvalue weighted by Crippen LogP contribution is 2.21. The zero-order valence-electron chi connectivity index (χ0n) is 11.8. The third-order valence-corrected chi connectivity index (χ3v) is 3.37. The average molecular weight is 247 g/mol. The maximum Gasteiger partial charge on any atom is 0.0562 e. The van der Waals surface area contributed by atoms with Crippen molar-refractivity contribution in [3.63, 3.8) is 0 Å². The van der Waals surface area contributed by atoms with Crippen LogP contribution in [0, 0.1) is 0 Å². The molecule has 0 aliphatic heterocycles. The van der Waals surface area contributed by atoms with E-state index in [-0.39, 0.29) is 0 Å². The minimum absolute atomic E-state index is 0.539. The van der Waals surface area contributed by atoms with Crippen molar-refractivity contribution < 1.29 is 0 Å². The van der Waals surface area contributed by atoms with Gasteiger partial charge in [0.1, 0.15) is 0 Å². The van der Waals surface area contributed by atoms with E-state index < -0.39 is 0 Å². The summed E-state index contributed by atoms with van der Waals surface area (Å²) in [4.78, 5) is 6.90. The molecule has 1 aliphatic carbocycles. The molecule has 1 aromatic rings. The minimum atomic E-state index is 0.539. The van der Waals surface area contributed by atoms with Crippen LogP contribution in [-0.4, -0.2) is 23.6 Å². The quantitative estimate of drug-likeness (QED) is 0.803. The molecule has 1 saturated carbocycles. The van der Waals surface area contributed by atoms with Gasteiger partial charge in [-0.2, -0.15) is 0 Å². The van der Waals surface area contributed by atoms with Crippen molar-refractivity contribution in [1.29, 1.82) is 0 Å². The lowest BCUT2D eigenvalue weighted by atomic mass is 10.2. The Morgan fingerprint density at radius 1 is 1.44 bits per heavy atom. The van der Waals surface area contributed by atoms with E-state index in [1.165, 1.54) is 24.9 Å². The third-order valence-electron chi connectivity index (χ3n) is 3.37. The van der Waals surface area contributed by atoms with Crippen LogP contribution in [0.1, 0.15) is 45.7 Å². The lowest BCUT2D eigenvalue weighted by Crippen LogP contribution is -2.31. The van der Waals surface area contributed by atoms with E-state index in [0.29, 0.717) is 6.04 Å². The van der Waals surface area contributed by atoms with E-state index in [9.17, 15) is 0 Å². The maximum absolute atomic E-state index is 4.45. The molecule has 1 aliphatic rings. The second-order valence-electron chi connectivity index (χ2n) is 5.45. The molecule has 0 unspecified atom stereocenters.